The van der Waals surface area contributed by atoms with E-state index in [9.17, 15) is 19.7 Å². The molecule has 0 N–H and O–H groups in total. The second kappa shape index (κ2) is 7.37. The van der Waals surface area contributed by atoms with Gasteiger partial charge in [0.1, 0.15) is 17.8 Å². The topological polar surface area (TPSA) is 99.7 Å². The van der Waals surface area contributed by atoms with Gasteiger partial charge in [-0.3, -0.25) is 10.1 Å². The lowest BCUT2D eigenvalue weighted by Gasteiger charge is -2.10. The average molecular weight is 410 g/mol. The molecular weight excluding hydrogens is 398 g/mol. The Morgan fingerprint density at radius 3 is 2.69 bits per heavy atom. The fraction of sp³-hybridized carbons (Fsp3) is 0.0476. The van der Waals surface area contributed by atoms with Gasteiger partial charge < -0.3 is 9.15 Å². The lowest BCUT2D eigenvalue weighted by molar-refractivity contribution is -0.385. The highest BCUT2D eigenvalue weighted by molar-refractivity contribution is 6.31. The number of carbonyl (C=O) groups is 1. The van der Waals surface area contributed by atoms with Gasteiger partial charge in [0.25, 0.3) is 5.69 Å². The van der Waals surface area contributed by atoms with Gasteiger partial charge in [-0.1, -0.05) is 41.9 Å². The summed E-state index contributed by atoms with van der Waals surface area (Å²) in [6.07, 6.45) is 0. The van der Waals surface area contributed by atoms with Crippen LogP contribution >= 0.6 is 11.6 Å². The van der Waals surface area contributed by atoms with Crippen LogP contribution < -0.4 is 5.63 Å². The molecule has 0 fully saturated rings. The monoisotopic (exact) mass is 409 g/mol. The molecule has 144 valence electrons. The Bertz CT molecular complexity index is 1340. The Kier molecular flexibility index (Phi) is 4.74. The third-order valence-corrected chi connectivity index (χ3v) is 4.68. The van der Waals surface area contributed by atoms with E-state index >= 15 is 0 Å². The Morgan fingerprint density at radius 1 is 1.10 bits per heavy atom. The number of nitro benzene ring substituents is 1. The molecule has 0 saturated carbocycles. The van der Waals surface area contributed by atoms with Gasteiger partial charge in [-0.25, -0.2) is 9.59 Å². The summed E-state index contributed by atoms with van der Waals surface area (Å²) >= 11 is 5.78. The fourth-order valence-corrected chi connectivity index (χ4v) is 3.35. The van der Waals surface area contributed by atoms with Crippen molar-refractivity contribution in [1.82, 2.24) is 0 Å². The number of ether oxygens (including phenoxy) is 1. The summed E-state index contributed by atoms with van der Waals surface area (Å²) in [4.78, 5) is 34.9. The van der Waals surface area contributed by atoms with Crippen molar-refractivity contribution >= 4 is 45.0 Å². The second-order valence-electron chi connectivity index (χ2n) is 6.25. The van der Waals surface area contributed by atoms with Crippen molar-refractivity contribution in [3.8, 4) is 0 Å². The third kappa shape index (κ3) is 3.55. The third-order valence-electron chi connectivity index (χ3n) is 4.45. The minimum absolute atomic E-state index is 0.131. The molecule has 0 amide bonds. The Labute approximate surface area is 168 Å². The first-order chi connectivity index (χ1) is 13.9. The van der Waals surface area contributed by atoms with Gasteiger partial charge in [0.15, 0.2) is 0 Å². The molecule has 3 aromatic carbocycles. The molecule has 0 spiro atoms. The van der Waals surface area contributed by atoms with Crippen molar-refractivity contribution in [3.63, 3.8) is 0 Å². The number of esters is 1. The van der Waals surface area contributed by atoms with Crippen molar-refractivity contribution in [2.75, 3.05) is 0 Å². The summed E-state index contributed by atoms with van der Waals surface area (Å²) in [6, 6.07) is 15.9. The van der Waals surface area contributed by atoms with Crippen LogP contribution in [0.15, 0.2) is 69.9 Å². The Hall–Kier alpha value is -3.71. The maximum absolute atomic E-state index is 12.5. The minimum atomic E-state index is -0.894. The van der Waals surface area contributed by atoms with Gasteiger partial charge in [0.2, 0.25) is 0 Å². The van der Waals surface area contributed by atoms with Crippen LogP contribution in [-0.2, 0) is 11.3 Å². The zero-order valence-electron chi connectivity index (χ0n) is 14.8. The number of halogens is 1. The van der Waals surface area contributed by atoms with Gasteiger partial charge in [0.05, 0.1) is 4.92 Å². The molecule has 0 atom stereocenters. The highest BCUT2D eigenvalue weighted by Crippen LogP contribution is 2.29. The van der Waals surface area contributed by atoms with Gasteiger partial charge in [0, 0.05) is 28.1 Å². The number of hydrogen-bond acceptors (Lipinski definition) is 6. The molecule has 0 unspecified atom stereocenters. The molecule has 0 radical (unpaired) electrons. The van der Waals surface area contributed by atoms with Gasteiger partial charge in [-0.2, -0.15) is 0 Å². The summed E-state index contributed by atoms with van der Waals surface area (Å²) in [6.45, 7) is -0.255. The maximum atomic E-state index is 12.5. The van der Waals surface area contributed by atoms with Gasteiger partial charge in [-0.15, -0.1) is 0 Å². The number of rotatable bonds is 4. The van der Waals surface area contributed by atoms with Crippen molar-refractivity contribution in [2.45, 2.75) is 6.61 Å². The number of benzene rings is 3. The van der Waals surface area contributed by atoms with Crippen molar-refractivity contribution in [1.29, 1.82) is 0 Å². The lowest BCUT2D eigenvalue weighted by Crippen LogP contribution is -2.10. The molecule has 4 rings (SSSR count). The number of fused-ring (bicyclic) bond motifs is 3. The molecule has 4 aromatic rings. The Morgan fingerprint density at radius 2 is 1.90 bits per heavy atom. The van der Waals surface area contributed by atoms with Crippen LogP contribution in [-0.4, -0.2) is 10.9 Å². The van der Waals surface area contributed by atoms with Crippen LogP contribution in [0.1, 0.15) is 15.9 Å². The summed E-state index contributed by atoms with van der Waals surface area (Å²) < 4.78 is 10.6. The van der Waals surface area contributed by atoms with Gasteiger partial charge >= 0.3 is 11.6 Å². The molecule has 29 heavy (non-hydrogen) atoms. The molecule has 0 aliphatic carbocycles. The molecule has 0 aliphatic heterocycles. The molecule has 0 aliphatic rings. The van der Waals surface area contributed by atoms with E-state index in [4.69, 9.17) is 20.8 Å². The van der Waals surface area contributed by atoms with E-state index in [1.54, 1.807) is 6.07 Å². The first kappa shape index (κ1) is 18.6. The summed E-state index contributed by atoms with van der Waals surface area (Å²) in [5, 5.41) is 13.7. The predicted molar refractivity (Wildman–Crippen MR) is 107 cm³/mol. The summed E-state index contributed by atoms with van der Waals surface area (Å²) in [7, 11) is 0. The number of nitrogens with zero attached hydrogens (tertiary/aromatic N) is 1. The molecule has 1 aromatic heterocycles. The van der Waals surface area contributed by atoms with Crippen molar-refractivity contribution in [3.05, 3.63) is 97.3 Å². The van der Waals surface area contributed by atoms with E-state index in [2.05, 4.69) is 0 Å². The molecule has 7 nitrogen and oxygen atoms in total. The normalized spacial score (nSPS) is 10.9. The zero-order chi connectivity index (χ0) is 20.5. The number of hydrogen-bond donors (Lipinski definition) is 0. The van der Waals surface area contributed by atoms with Crippen LogP contribution in [0, 0.1) is 10.1 Å². The highest BCUT2D eigenvalue weighted by atomic mass is 35.5. The van der Waals surface area contributed by atoms with E-state index < -0.39 is 22.2 Å². The Balaban J connectivity index is 1.74. The molecule has 0 bridgehead atoms. The van der Waals surface area contributed by atoms with E-state index in [-0.39, 0.29) is 17.2 Å². The van der Waals surface area contributed by atoms with E-state index in [0.717, 1.165) is 16.8 Å². The first-order valence-corrected chi connectivity index (χ1v) is 8.87. The van der Waals surface area contributed by atoms with Crippen LogP contribution in [0.2, 0.25) is 5.02 Å². The molecule has 0 saturated heterocycles. The second-order valence-corrected chi connectivity index (χ2v) is 6.68. The van der Waals surface area contributed by atoms with Crippen LogP contribution in [0.25, 0.3) is 21.7 Å². The van der Waals surface area contributed by atoms with Crippen LogP contribution in [0.4, 0.5) is 5.69 Å². The van der Waals surface area contributed by atoms with Crippen molar-refractivity contribution in [2.24, 2.45) is 0 Å². The number of nitro groups is 1. The average Bonchev–Trinajstić information content (AvgIpc) is 2.71. The maximum Gasteiger partial charge on any atom is 0.345 e. The predicted octanol–water partition coefficient (Wildman–Crippen LogP) is 4.86. The molecule has 1 heterocycles. The van der Waals surface area contributed by atoms with Crippen LogP contribution in [0.3, 0.4) is 0 Å². The minimum Gasteiger partial charge on any atom is -0.457 e. The van der Waals surface area contributed by atoms with E-state index in [1.807, 2.05) is 30.3 Å². The SMILES string of the molecule is O=C(OCc1cc(=O)oc2ccc3ccccc3c12)c1ccc(Cl)cc1[N+](=O)[O-]. The smallest absolute Gasteiger partial charge is 0.345 e. The lowest BCUT2D eigenvalue weighted by atomic mass is 10.0. The molecular formula is C21H12ClNO6. The quantitative estimate of drug-likeness (QED) is 0.157. The van der Waals surface area contributed by atoms with E-state index in [1.165, 1.54) is 18.2 Å². The summed E-state index contributed by atoms with van der Waals surface area (Å²) in [5.74, 6) is -0.894. The fourth-order valence-electron chi connectivity index (χ4n) is 3.18. The van der Waals surface area contributed by atoms with Gasteiger partial charge in [-0.05, 0) is 29.0 Å². The van der Waals surface area contributed by atoms with Crippen LogP contribution in [0.5, 0.6) is 0 Å². The van der Waals surface area contributed by atoms with E-state index in [0.29, 0.717) is 16.5 Å². The highest BCUT2D eigenvalue weighted by Gasteiger charge is 2.22. The zero-order valence-corrected chi connectivity index (χ0v) is 15.5. The number of carbonyl (C=O) groups excluding carboxylic acids is 1. The summed E-state index contributed by atoms with van der Waals surface area (Å²) in [5.41, 5.74) is -0.462. The largest absolute Gasteiger partial charge is 0.457 e. The molecule has 8 heteroatoms. The first-order valence-electron chi connectivity index (χ1n) is 8.49. The standard InChI is InChI=1S/C21H12ClNO6/c22-14-6-7-16(17(10-14)23(26)27)21(25)28-11-13-9-19(24)29-18-8-5-12-3-1-2-4-15(12)20(13)18/h1-10H,11H2. The van der Waals surface area contributed by atoms with Crippen molar-refractivity contribution < 1.29 is 18.9 Å².